The topological polar surface area (TPSA) is 70.5 Å². The molecule has 2 aliphatic heterocycles. The largest absolute Gasteiger partial charge is 0.337 e. The number of likely N-dealkylation sites (tertiary alicyclic amines) is 2. The zero-order chi connectivity index (χ0) is 25.5. The summed E-state index contributed by atoms with van der Waals surface area (Å²) in [7, 11) is 1.86. The lowest BCUT2D eigenvalue weighted by Gasteiger charge is -2.41. The van der Waals surface area contributed by atoms with Gasteiger partial charge in [-0.05, 0) is 61.0 Å². The fraction of sp³-hybridized carbons (Fsp3) is 0.276. The van der Waals surface area contributed by atoms with Crippen LogP contribution in [0.2, 0.25) is 0 Å². The highest BCUT2D eigenvalue weighted by atomic mass is 19.1. The molecule has 3 aromatic carbocycles. The van der Waals surface area contributed by atoms with Gasteiger partial charge in [-0.1, -0.05) is 18.2 Å². The van der Waals surface area contributed by atoms with E-state index in [1.54, 1.807) is 16.8 Å². The molecule has 0 radical (unpaired) electrons. The summed E-state index contributed by atoms with van der Waals surface area (Å²) in [5.41, 5.74) is 3.78. The number of hydrogen-bond acceptors (Lipinski definition) is 4. The number of nitrogens with one attached hydrogen (secondary N) is 1. The molecule has 3 heterocycles. The Bertz CT molecular complexity index is 1460. The maximum atomic E-state index is 13.4. The van der Waals surface area contributed by atoms with E-state index in [0.717, 1.165) is 40.7 Å². The molecule has 0 bridgehead atoms. The van der Waals surface area contributed by atoms with Crippen LogP contribution in [0.25, 0.3) is 22.2 Å². The van der Waals surface area contributed by atoms with Crippen LogP contribution in [0, 0.1) is 5.82 Å². The lowest BCUT2D eigenvalue weighted by molar-refractivity contribution is 0.0553. The molecular weight excluding hydrogens is 469 g/mol. The van der Waals surface area contributed by atoms with Crippen molar-refractivity contribution in [3.05, 3.63) is 89.7 Å². The number of rotatable bonds is 5. The summed E-state index contributed by atoms with van der Waals surface area (Å²) in [6.45, 7) is 2.69. The molecule has 6 rings (SSSR count). The van der Waals surface area contributed by atoms with Crippen LogP contribution in [0.1, 0.15) is 27.1 Å². The third kappa shape index (κ3) is 4.49. The van der Waals surface area contributed by atoms with Crippen LogP contribution in [0.5, 0.6) is 0 Å². The second kappa shape index (κ2) is 9.44. The molecule has 7 nitrogen and oxygen atoms in total. The van der Waals surface area contributed by atoms with E-state index in [9.17, 15) is 14.0 Å². The van der Waals surface area contributed by atoms with Crippen molar-refractivity contribution < 1.29 is 14.0 Å². The van der Waals surface area contributed by atoms with Gasteiger partial charge in [0.1, 0.15) is 11.5 Å². The van der Waals surface area contributed by atoms with Gasteiger partial charge in [-0.15, -0.1) is 0 Å². The first-order chi connectivity index (χ1) is 18.0. The first-order valence-corrected chi connectivity index (χ1v) is 12.6. The van der Waals surface area contributed by atoms with Gasteiger partial charge in [-0.3, -0.25) is 14.3 Å². The van der Waals surface area contributed by atoms with Crippen molar-refractivity contribution in [2.75, 3.05) is 26.2 Å². The number of aryl methyl sites for hydroxylation is 1. The first-order valence-electron chi connectivity index (χ1n) is 12.6. The zero-order valence-corrected chi connectivity index (χ0v) is 20.6. The van der Waals surface area contributed by atoms with Crippen LogP contribution < -0.4 is 5.32 Å². The summed E-state index contributed by atoms with van der Waals surface area (Å²) in [4.78, 5) is 29.7. The fourth-order valence-electron chi connectivity index (χ4n) is 5.33. The zero-order valence-electron chi connectivity index (χ0n) is 20.6. The molecule has 37 heavy (non-hydrogen) atoms. The summed E-state index contributed by atoms with van der Waals surface area (Å²) >= 11 is 0. The minimum absolute atomic E-state index is 0.0128. The minimum atomic E-state index is -0.297. The van der Waals surface area contributed by atoms with Crippen molar-refractivity contribution in [3.63, 3.8) is 0 Å². The average molecular weight is 498 g/mol. The van der Waals surface area contributed by atoms with E-state index in [1.807, 2.05) is 65.4 Å². The quantitative estimate of drug-likeness (QED) is 0.457. The maximum Gasteiger partial charge on any atom is 0.253 e. The Morgan fingerprint density at radius 2 is 1.57 bits per heavy atom. The number of amides is 2. The molecule has 1 N–H and O–H groups in total. The lowest BCUT2D eigenvalue weighted by atomic mass is 10.0. The second-order valence-electron chi connectivity index (χ2n) is 9.89. The molecule has 2 amide bonds. The molecule has 2 aliphatic rings. The van der Waals surface area contributed by atoms with E-state index in [1.165, 1.54) is 12.1 Å². The Labute approximate surface area is 214 Å². The first kappa shape index (κ1) is 23.4. The van der Waals surface area contributed by atoms with Gasteiger partial charge in [0.25, 0.3) is 11.8 Å². The number of benzene rings is 3. The fourth-order valence-corrected chi connectivity index (χ4v) is 5.33. The number of aromatic nitrogens is 2. The van der Waals surface area contributed by atoms with Gasteiger partial charge in [-0.2, -0.15) is 5.10 Å². The van der Waals surface area contributed by atoms with Crippen LogP contribution >= 0.6 is 0 Å². The van der Waals surface area contributed by atoms with Gasteiger partial charge in [0, 0.05) is 67.4 Å². The van der Waals surface area contributed by atoms with Crippen molar-refractivity contribution in [1.29, 1.82) is 0 Å². The molecule has 8 heteroatoms. The smallest absolute Gasteiger partial charge is 0.253 e. The molecule has 4 aromatic rings. The maximum absolute atomic E-state index is 13.4. The normalized spacial score (nSPS) is 17.8. The number of carbonyl (C=O) groups excluding carboxylic acids is 2. The molecule has 0 aliphatic carbocycles. The minimum Gasteiger partial charge on any atom is -0.337 e. The number of halogens is 1. The van der Waals surface area contributed by atoms with Crippen molar-refractivity contribution in [2.24, 2.45) is 7.05 Å². The van der Waals surface area contributed by atoms with Gasteiger partial charge in [-0.25, -0.2) is 4.39 Å². The highest BCUT2D eigenvalue weighted by molar-refractivity contribution is 6.02. The van der Waals surface area contributed by atoms with Crippen molar-refractivity contribution >= 4 is 22.7 Å². The van der Waals surface area contributed by atoms with Gasteiger partial charge in [0.15, 0.2) is 0 Å². The lowest BCUT2D eigenvalue weighted by Crippen LogP contribution is -2.62. The predicted octanol–water partition coefficient (Wildman–Crippen LogP) is 3.71. The molecule has 188 valence electrons. The Balaban J connectivity index is 1.08. The molecule has 2 saturated heterocycles. The number of nitrogens with zero attached hydrogens (tertiary/aromatic N) is 4. The van der Waals surface area contributed by atoms with E-state index in [4.69, 9.17) is 0 Å². The molecule has 1 unspecified atom stereocenters. The SMILES string of the molecule is Cn1nc(-c2ccc(F)cc2)c2cc(C(=O)N3CC(NC4CCN(C(=O)c5ccccc5)C4)C3)ccc21. The van der Waals surface area contributed by atoms with Gasteiger partial charge in [0.2, 0.25) is 0 Å². The average Bonchev–Trinajstić information content (AvgIpc) is 3.50. The monoisotopic (exact) mass is 497 g/mol. The van der Waals surface area contributed by atoms with E-state index >= 15 is 0 Å². The highest BCUT2D eigenvalue weighted by Gasteiger charge is 2.35. The summed E-state index contributed by atoms with van der Waals surface area (Å²) < 4.78 is 15.2. The van der Waals surface area contributed by atoms with Crippen molar-refractivity contribution in [2.45, 2.75) is 18.5 Å². The van der Waals surface area contributed by atoms with Crippen LogP contribution in [0.15, 0.2) is 72.8 Å². The third-order valence-corrected chi connectivity index (χ3v) is 7.35. The summed E-state index contributed by atoms with van der Waals surface area (Å²) in [5.74, 6) is -0.240. The molecule has 1 atom stereocenters. The number of fused-ring (bicyclic) bond motifs is 1. The van der Waals surface area contributed by atoms with E-state index < -0.39 is 0 Å². The Hall–Kier alpha value is -4.04. The number of hydrogen-bond donors (Lipinski definition) is 1. The summed E-state index contributed by atoms with van der Waals surface area (Å²) in [6, 6.07) is 21.7. The van der Waals surface area contributed by atoms with Crippen molar-refractivity contribution in [3.8, 4) is 11.3 Å². The molecular formula is C29H28FN5O2. The van der Waals surface area contributed by atoms with Crippen LogP contribution in [-0.2, 0) is 7.05 Å². The van der Waals surface area contributed by atoms with Gasteiger partial charge >= 0.3 is 0 Å². The van der Waals surface area contributed by atoms with E-state index in [2.05, 4.69) is 10.4 Å². The second-order valence-corrected chi connectivity index (χ2v) is 9.89. The standard InChI is InChI=1S/C29H28FN5O2/c1-33-26-12-9-21(15-25(26)27(32-33)19-7-10-22(30)11-8-19)29(37)35-17-24(18-35)31-23-13-14-34(16-23)28(36)20-5-3-2-4-6-20/h2-12,15,23-24,31H,13-14,16-18H2,1H3. The van der Waals surface area contributed by atoms with Crippen LogP contribution in [0.3, 0.4) is 0 Å². The predicted molar refractivity (Wildman–Crippen MR) is 140 cm³/mol. The Morgan fingerprint density at radius 3 is 2.32 bits per heavy atom. The van der Waals surface area contributed by atoms with Crippen LogP contribution in [0.4, 0.5) is 4.39 Å². The van der Waals surface area contributed by atoms with Gasteiger partial charge in [0.05, 0.1) is 5.52 Å². The third-order valence-electron chi connectivity index (χ3n) is 7.35. The molecule has 2 fully saturated rings. The highest BCUT2D eigenvalue weighted by Crippen LogP contribution is 2.29. The van der Waals surface area contributed by atoms with E-state index in [-0.39, 0.29) is 29.7 Å². The summed E-state index contributed by atoms with van der Waals surface area (Å²) in [6.07, 6.45) is 0.910. The van der Waals surface area contributed by atoms with Gasteiger partial charge < -0.3 is 15.1 Å². The van der Waals surface area contributed by atoms with E-state index in [0.29, 0.717) is 25.2 Å². The Kier molecular flexibility index (Phi) is 5.96. The molecule has 1 aromatic heterocycles. The molecule has 0 saturated carbocycles. The van der Waals surface area contributed by atoms with Crippen molar-refractivity contribution in [1.82, 2.24) is 24.9 Å². The summed E-state index contributed by atoms with van der Waals surface area (Å²) in [5, 5.41) is 9.10. The number of carbonyl (C=O) groups is 2. The molecule has 0 spiro atoms. The van der Waals surface area contributed by atoms with Crippen LogP contribution in [-0.4, -0.2) is 69.7 Å². The Morgan fingerprint density at radius 1 is 0.865 bits per heavy atom.